The highest BCUT2D eigenvalue weighted by Gasteiger charge is 2.34. The number of benzene rings is 2. The van der Waals surface area contributed by atoms with Crippen molar-refractivity contribution in [3.63, 3.8) is 0 Å². The van der Waals surface area contributed by atoms with Crippen LogP contribution in [0.25, 0.3) is 0 Å². The molecule has 0 amide bonds. The summed E-state index contributed by atoms with van der Waals surface area (Å²) in [5, 5.41) is 8.87. The van der Waals surface area contributed by atoms with Crippen LogP contribution >= 0.6 is 23.5 Å². The van der Waals surface area contributed by atoms with Crippen molar-refractivity contribution in [1.82, 2.24) is 0 Å². The summed E-state index contributed by atoms with van der Waals surface area (Å²) in [6.07, 6.45) is 18.0. The largest absolute Gasteiger partial charge is 0.492 e. The molecule has 0 aliphatic carbocycles. The molecule has 2 aromatic rings. The van der Waals surface area contributed by atoms with Crippen LogP contribution in [0, 0.1) is 11.3 Å². The van der Waals surface area contributed by atoms with Crippen molar-refractivity contribution in [2.45, 2.75) is 139 Å². The lowest BCUT2D eigenvalue weighted by molar-refractivity contribution is 0.283. The lowest BCUT2D eigenvalue weighted by Crippen LogP contribution is -2.16. The number of amidine groups is 2. The van der Waals surface area contributed by atoms with Crippen molar-refractivity contribution in [2.24, 2.45) is 16.6 Å². The predicted octanol–water partition coefficient (Wildman–Crippen LogP) is 10.9. The minimum Gasteiger partial charge on any atom is -0.492 e. The molecule has 5 N–H and O–H groups in total. The number of hydrogen-bond donors (Lipinski definition) is 3. The maximum atomic E-state index is 8.87. The number of nitrogen functional groups attached to an aromatic ring is 1. The molecule has 0 unspecified atom stereocenters. The standard InChI is InChI=1S/C37H58N4O2S2/c1-5-7-9-11-13-15-19-24-42-32-30-31(37(40)41-36(30)39)33(43-25-20-16-14-12-10-8-6-2)35(34(32)44-26-23-27(3)4)45-29-22-18-17-21-28(29)38/h17-18,21-22,27H,5-16,19-20,23-26,38H2,1-4H3,(H3,39,40,41). The fourth-order valence-electron chi connectivity index (χ4n) is 5.41. The number of fused-ring (bicyclic) bond motifs is 1. The maximum absolute atomic E-state index is 8.87. The van der Waals surface area contributed by atoms with Gasteiger partial charge in [0.05, 0.1) is 34.1 Å². The number of nitrogens with zero attached hydrogens (tertiary/aromatic N) is 1. The molecule has 0 bridgehead atoms. The van der Waals surface area contributed by atoms with Crippen LogP contribution in [0.5, 0.6) is 11.5 Å². The summed E-state index contributed by atoms with van der Waals surface area (Å²) < 4.78 is 13.3. The Balaban J connectivity index is 1.97. The topological polar surface area (TPSA) is 107 Å². The number of ether oxygens (including phenoxy) is 2. The molecule has 0 atom stereocenters. The van der Waals surface area contributed by atoms with E-state index < -0.39 is 0 Å². The number of nitrogens with two attached hydrogens (primary N) is 2. The minimum absolute atomic E-state index is 0.138. The summed E-state index contributed by atoms with van der Waals surface area (Å²) in [5.74, 6) is 3.43. The van der Waals surface area contributed by atoms with Crippen molar-refractivity contribution in [1.29, 1.82) is 5.41 Å². The van der Waals surface area contributed by atoms with E-state index in [0.29, 0.717) is 36.3 Å². The number of thioether (sulfide) groups is 1. The molecule has 250 valence electrons. The Hall–Kier alpha value is -2.32. The second-order valence-corrected chi connectivity index (χ2v) is 14.7. The van der Waals surface area contributed by atoms with E-state index >= 15 is 0 Å². The number of hydrogen-bond acceptors (Lipinski definition) is 7. The van der Waals surface area contributed by atoms with Gasteiger partial charge in [0.1, 0.15) is 17.3 Å². The monoisotopic (exact) mass is 654 g/mol. The highest BCUT2D eigenvalue weighted by molar-refractivity contribution is 8.02. The molecule has 0 saturated heterocycles. The Kier molecular flexibility index (Phi) is 17.1. The van der Waals surface area contributed by atoms with Gasteiger partial charge >= 0.3 is 0 Å². The average molecular weight is 655 g/mol. The maximum Gasteiger partial charge on any atom is 0.158 e. The molecular formula is C37H58N4O2S2. The van der Waals surface area contributed by atoms with E-state index in [1.54, 1.807) is 23.5 Å². The number of aliphatic imine (C=N–C) groups is 1. The Morgan fingerprint density at radius 1 is 0.733 bits per heavy atom. The first-order valence-corrected chi connectivity index (χ1v) is 19.3. The van der Waals surface area contributed by atoms with Crippen LogP contribution in [0.15, 0.2) is 43.9 Å². The summed E-state index contributed by atoms with van der Waals surface area (Å²) in [6, 6.07) is 7.95. The molecule has 1 heterocycles. The van der Waals surface area contributed by atoms with E-state index in [9.17, 15) is 0 Å². The van der Waals surface area contributed by atoms with E-state index in [1.165, 1.54) is 64.2 Å². The predicted molar refractivity (Wildman–Crippen MR) is 196 cm³/mol. The molecule has 3 rings (SSSR count). The molecule has 8 heteroatoms. The Morgan fingerprint density at radius 2 is 1.27 bits per heavy atom. The summed E-state index contributed by atoms with van der Waals surface area (Å²) in [5.41, 5.74) is 15.1. The summed E-state index contributed by atoms with van der Waals surface area (Å²) >= 11 is 3.40. The highest BCUT2D eigenvalue weighted by Crippen LogP contribution is 2.53. The van der Waals surface area contributed by atoms with Crippen molar-refractivity contribution >= 4 is 40.9 Å². The van der Waals surface area contributed by atoms with Crippen molar-refractivity contribution in [3.8, 4) is 11.5 Å². The third-order valence-electron chi connectivity index (χ3n) is 8.11. The van der Waals surface area contributed by atoms with Gasteiger partial charge in [0, 0.05) is 10.6 Å². The third-order valence-corrected chi connectivity index (χ3v) is 10.5. The van der Waals surface area contributed by atoms with Crippen LogP contribution in [-0.2, 0) is 0 Å². The summed E-state index contributed by atoms with van der Waals surface area (Å²) in [7, 11) is 0. The van der Waals surface area contributed by atoms with Gasteiger partial charge in [-0.05, 0) is 43.1 Å². The van der Waals surface area contributed by atoms with Gasteiger partial charge in [-0.3, -0.25) is 5.41 Å². The molecule has 0 fully saturated rings. The summed E-state index contributed by atoms with van der Waals surface area (Å²) in [6.45, 7) is 10.2. The SMILES string of the molecule is CCCCCCCCCOc1c(Sc2ccccc2N)c(SCCC(C)C)c(OCCCCCCCCC)c2c1C(=N)N=C2N. The number of anilines is 1. The van der Waals surface area contributed by atoms with E-state index in [0.717, 1.165) is 69.5 Å². The van der Waals surface area contributed by atoms with E-state index in [4.69, 9.17) is 26.4 Å². The molecule has 0 radical (unpaired) electrons. The smallest absolute Gasteiger partial charge is 0.158 e. The van der Waals surface area contributed by atoms with E-state index in [2.05, 4.69) is 32.7 Å². The van der Waals surface area contributed by atoms with Crippen molar-refractivity contribution in [3.05, 3.63) is 35.4 Å². The van der Waals surface area contributed by atoms with Gasteiger partial charge in [0.15, 0.2) is 5.84 Å². The molecule has 1 aliphatic heterocycles. The van der Waals surface area contributed by atoms with Crippen LogP contribution < -0.4 is 20.9 Å². The fourth-order valence-corrected chi connectivity index (χ4v) is 8.01. The van der Waals surface area contributed by atoms with E-state index in [1.807, 2.05) is 24.3 Å². The zero-order valence-electron chi connectivity index (χ0n) is 28.3. The summed E-state index contributed by atoms with van der Waals surface area (Å²) in [4.78, 5) is 7.37. The number of para-hydroxylation sites is 1. The first kappa shape index (κ1) is 37.1. The molecule has 0 saturated carbocycles. The van der Waals surface area contributed by atoms with Gasteiger partial charge in [0.25, 0.3) is 0 Å². The van der Waals surface area contributed by atoms with Crippen LogP contribution in [0.4, 0.5) is 5.69 Å². The molecule has 1 aliphatic rings. The Morgan fingerprint density at radius 3 is 1.82 bits per heavy atom. The van der Waals surface area contributed by atoms with Crippen LogP contribution in [0.3, 0.4) is 0 Å². The fraction of sp³-hybridized carbons (Fsp3) is 0.622. The third kappa shape index (κ3) is 11.8. The molecule has 0 aromatic heterocycles. The molecule has 6 nitrogen and oxygen atoms in total. The lowest BCUT2D eigenvalue weighted by atomic mass is 10.0. The van der Waals surface area contributed by atoms with Crippen LogP contribution in [-0.4, -0.2) is 30.6 Å². The van der Waals surface area contributed by atoms with E-state index in [-0.39, 0.29) is 5.84 Å². The second-order valence-electron chi connectivity index (χ2n) is 12.5. The van der Waals surface area contributed by atoms with Crippen LogP contribution in [0.2, 0.25) is 0 Å². The number of unbranched alkanes of at least 4 members (excludes halogenated alkanes) is 12. The first-order valence-electron chi connectivity index (χ1n) is 17.5. The average Bonchev–Trinajstić information content (AvgIpc) is 3.31. The molecule has 2 aromatic carbocycles. The lowest BCUT2D eigenvalue weighted by Gasteiger charge is -2.23. The number of nitrogens with one attached hydrogen (secondary N) is 1. The number of rotatable bonds is 24. The van der Waals surface area contributed by atoms with Gasteiger partial charge in [-0.15, -0.1) is 11.8 Å². The Labute approximate surface area is 281 Å². The van der Waals surface area contributed by atoms with Gasteiger partial charge in [-0.25, -0.2) is 4.99 Å². The van der Waals surface area contributed by atoms with Crippen molar-refractivity contribution < 1.29 is 9.47 Å². The van der Waals surface area contributed by atoms with Gasteiger partial charge in [0.2, 0.25) is 0 Å². The highest BCUT2D eigenvalue weighted by atomic mass is 32.2. The Bertz CT molecular complexity index is 1230. The molecule has 0 spiro atoms. The normalized spacial score (nSPS) is 12.6. The second kappa shape index (κ2) is 20.7. The van der Waals surface area contributed by atoms with Gasteiger partial charge < -0.3 is 20.9 Å². The minimum atomic E-state index is 0.138. The van der Waals surface area contributed by atoms with Gasteiger partial charge in [-0.1, -0.05) is 129 Å². The molecule has 45 heavy (non-hydrogen) atoms. The zero-order valence-corrected chi connectivity index (χ0v) is 30.0. The first-order chi connectivity index (χ1) is 21.9. The van der Waals surface area contributed by atoms with Gasteiger partial charge in [-0.2, -0.15) is 0 Å². The zero-order chi connectivity index (χ0) is 32.4. The van der Waals surface area contributed by atoms with Crippen molar-refractivity contribution in [2.75, 3.05) is 24.7 Å². The molecular weight excluding hydrogens is 597 g/mol. The quantitative estimate of drug-likeness (QED) is 0.0591. The van der Waals surface area contributed by atoms with Crippen LogP contribution in [0.1, 0.15) is 135 Å².